The van der Waals surface area contributed by atoms with E-state index >= 15 is 9.59 Å². The normalized spacial score (nSPS) is 25.9. The second-order valence-electron chi connectivity index (χ2n) is 25.8. The molecule has 6 unspecified atom stereocenters. The zero-order valence-corrected chi connectivity index (χ0v) is 53.0. The van der Waals surface area contributed by atoms with Crippen LogP contribution >= 0.6 is 0 Å². The number of halogens is 1. The Labute approximate surface area is 520 Å². The third kappa shape index (κ3) is 12.3. The molecule has 4 N–H and O–H groups in total. The highest BCUT2D eigenvalue weighted by Gasteiger charge is 2.79. The van der Waals surface area contributed by atoms with Crippen LogP contribution in [0.5, 0.6) is 5.75 Å². The van der Waals surface area contributed by atoms with E-state index in [0.29, 0.717) is 5.56 Å². The van der Waals surface area contributed by atoms with Gasteiger partial charge in [0.2, 0.25) is 0 Å². The summed E-state index contributed by atoms with van der Waals surface area (Å²) >= 11 is 0. The molecule has 90 heavy (non-hydrogen) atoms. The smallest absolute Gasteiger partial charge is 0.349 e. The van der Waals surface area contributed by atoms with Gasteiger partial charge in [-0.15, -0.1) is 0 Å². The number of rotatable bonds is 18. The summed E-state index contributed by atoms with van der Waals surface area (Å²) in [6, 6.07) is 26.4. The molecule has 478 valence electrons. The third-order valence-electron chi connectivity index (χ3n) is 18.8. The second kappa shape index (κ2) is 25.1. The van der Waals surface area contributed by atoms with Gasteiger partial charge in [0, 0.05) is 62.1 Å². The number of carbonyl (C=O) groups is 8. The predicted octanol–water partition coefficient (Wildman–Crippen LogP) is 8.48. The second-order valence-corrected chi connectivity index (χ2v) is 30.6. The molecule has 1 aliphatic heterocycles. The number of phenols is 1. The predicted molar refractivity (Wildman–Crippen MR) is 323 cm³/mol. The molecular formula is C67H75FN2O19Si. The van der Waals surface area contributed by atoms with Crippen LogP contribution in [0.2, 0.25) is 18.1 Å². The Morgan fingerprint density at radius 3 is 2.02 bits per heavy atom. The molecule has 0 radical (unpaired) electrons. The average molecular weight is 1260 g/mol. The number of phenolic OH excluding ortho intramolecular Hbond substituents is 1. The zero-order valence-electron chi connectivity index (χ0n) is 52.0. The van der Waals surface area contributed by atoms with E-state index in [0.717, 1.165) is 32.0 Å². The minimum atomic E-state index is -3.04. The number of hydrogen-bond donors (Lipinski definition) is 4. The van der Waals surface area contributed by atoms with E-state index in [1.165, 1.54) is 19.1 Å². The fourth-order valence-corrected chi connectivity index (χ4v) is 14.2. The maximum atomic E-state index is 16.6. The first-order chi connectivity index (χ1) is 42.2. The molecule has 1 saturated heterocycles. The van der Waals surface area contributed by atoms with E-state index in [4.69, 9.17) is 37.3 Å². The van der Waals surface area contributed by atoms with Gasteiger partial charge in [-0.3, -0.25) is 28.8 Å². The molecule has 2 bridgehead atoms. The van der Waals surface area contributed by atoms with Crippen molar-refractivity contribution < 1.29 is 90.2 Å². The van der Waals surface area contributed by atoms with Crippen molar-refractivity contribution in [2.75, 3.05) is 13.2 Å². The molecule has 2 heterocycles. The summed E-state index contributed by atoms with van der Waals surface area (Å²) in [6.07, 6.45) is -11.4. The molecule has 4 aliphatic rings. The maximum Gasteiger partial charge on any atom is 0.349 e. The number of nitrogens with one attached hydrogen (secondary N) is 2. The van der Waals surface area contributed by atoms with Crippen molar-refractivity contribution in [1.29, 1.82) is 0 Å². The van der Waals surface area contributed by atoms with Crippen molar-refractivity contribution in [2.45, 2.75) is 160 Å². The zero-order chi connectivity index (χ0) is 65.6. The maximum absolute atomic E-state index is 16.6. The number of hydrogen-bond acceptors (Lipinski definition) is 19. The molecule has 2 amide bonds. The number of esters is 5. The molecule has 3 fully saturated rings. The van der Waals surface area contributed by atoms with Crippen molar-refractivity contribution in [1.82, 2.24) is 10.6 Å². The lowest BCUT2D eigenvalue weighted by atomic mass is 9.44. The van der Waals surface area contributed by atoms with E-state index < -0.39 is 174 Å². The summed E-state index contributed by atoms with van der Waals surface area (Å²) in [6.45, 7) is 17.3. The van der Waals surface area contributed by atoms with Crippen molar-refractivity contribution in [2.24, 2.45) is 16.7 Å². The number of benzene rings is 4. The Morgan fingerprint density at radius 2 is 1.43 bits per heavy atom. The largest absolute Gasteiger partial charge is 0.505 e. The SMILES string of the molecule is CC(=O)OC1C(=O)C2(C)C(OC(=O)CCCNC(=O)c3cc4cc(F)c(O)cc4oc3=O)C[C@@H]3OC[C@@]3(OC(C)=O)C2[C@H](OC(=O)c2ccccc2)C2(O)CC(OC(=O)[C@H](O[Si](C)(C)C(C)(C)C)[C@@H](NC(=O)c3ccccc3)c3ccccc3)C(C)=C1C2(C)C. The van der Waals surface area contributed by atoms with Crippen LogP contribution in [-0.4, -0.2) is 127 Å². The number of aliphatic hydroxyl groups is 1. The monoisotopic (exact) mass is 1260 g/mol. The lowest BCUT2D eigenvalue weighted by Crippen LogP contribution is -2.82. The number of ketones is 1. The Hall–Kier alpha value is -8.38. The summed E-state index contributed by atoms with van der Waals surface area (Å²) in [5, 5.41) is 29.2. The van der Waals surface area contributed by atoms with Gasteiger partial charge in [0.05, 0.1) is 29.5 Å². The van der Waals surface area contributed by atoms with Gasteiger partial charge in [0.25, 0.3) is 11.8 Å². The first-order valence-corrected chi connectivity index (χ1v) is 32.6. The van der Waals surface area contributed by atoms with Crippen LogP contribution < -0.4 is 16.3 Å². The summed E-state index contributed by atoms with van der Waals surface area (Å²) in [5.74, 6) is -10.7. The highest BCUT2D eigenvalue weighted by Crippen LogP contribution is 2.65. The fourth-order valence-electron chi connectivity index (χ4n) is 13.0. The Bertz CT molecular complexity index is 3740. The number of fused-ring (bicyclic) bond motifs is 6. The summed E-state index contributed by atoms with van der Waals surface area (Å²) in [7, 11) is -3.04. The van der Waals surface area contributed by atoms with E-state index in [-0.39, 0.29) is 52.6 Å². The van der Waals surface area contributed by atoms with Crippen molar-refractivity contribution in [3.05, 3.63) is 159 Å². The van der Waals surface area contributed by atoms with E-state index in [1.807, 2.05) is 33.9 Å². The molecule has 2 saturated carbocycles. The lowest BCUT2D eigenvalue weighted by molar-refractivity contribution is -0.346. The molecule has 4 aromatic carbocycles. The first kappa shape index (κ1) is 66.0. The number of amides is 2. The number of Topliss-reactive ketones (excluding diaryl/α,β-unsaturated/α-hetero) is 1. The van der Waals surface area contributed by atoms with E-state index in [9.17, 15) is 48.2 Å². The first-order valence-electron chi connectivity index (χ1n) is 29.7. The molecule has 5 aromatic rings. The molecule has 0 spiro atoms. The Morgan fingerprint density at radius 1 is 0.811 bits per heavy atom. The highest BCUT2D eigenvalue weighted by molar-refractivity contribution is 6.74. The Kier molecular flexibility index (Phi) is 18.4. The summed E-state index contributed by atoms with van der Waals surface area (Å²) in [4.78, 5) is 129. The fraction of sp³-hybridized carbons (Fsp3) is 0.448. The molecule has 9 rings (SSSR count). The van der Waals surface area contributed by atoms with Gasteiger partial charge in [-0.05, 0) is 91.5 Å². The third-order valence-corrected chi connectivity index (χ3v) is 23.3. The molecule has 1 aromatic heterocycles. The van der Waals surface area contributed by atoms with Crippen molar-refractivity contribution in [3.63, 3.8) is 0 Å². The van der Waals surface area contributed by atoms with Crippen LogP contribution in [0.4, 0.5) is 4.39 Å². The quantitative estimate of drug-likeness (QED) is 0.0160. The average Bonchev–Trinajstić information content (AvgIpc) is 0.670. The number of ether oxygens (including phenoxy) is 6. The molecule has 21 nitrogen and oxygen atoms in total. The van der Waals surface area contributed by atoms with Crippen molar-refractivity contribution in [3.8, 4) is 5.75 Å². The molecule has 23 heteroatoms. The summed E-state index contributed by atoms with van der Waals surface area (Å²) in [5.41, 5.74) is -9.50. The minimum absolute atomic E-state index is 0.00265. The Balaban J connectivity index is 1.15. The molecular weight excluding hydrogens is 1180 g/mol. The summed E-state index contributed by atoms with van der Waals surface area (Å²) < 4.78 is 64.7. The van der Waals surface area contributed by atoms with Crippen LogP contribution in [-0.2, 0) is 56.8 Å². The standard InChI is InChI=1S/C67H75FN2O19Si/c1-36-47(85-62(80)54(89-90(10,11)63(4,5)6)52(39-22-15-12-16-23-39)70-58(76)40-24-17-13-18-25-40)34-67(81)57(87-60(78)41-26-19-14-20-27-41)55-65(9,56(75)53(83-37(2)71)51(36)64(67,7)8)48(33-49-66(55,35-82-49)88-38(3)72)86-50(74)28-21-29-69-59(77)43-30-42-31-44(68)45(73)32-46(42)84-61(43)79/h12-20,22-27,30-32,47-49,52-55,57,73,81H,21,28-29,33-35H2,1-11H3,(H,69,77)(H,70,76)/t47?,48?,49-,52-,53?,54+,55?,57-,65?,66-,67?/m0/s1. The van der Waals surface area contributed by atoms with Crippen LogP contribution in [0.1, 0.15) is 131 Å². The van der Waals surface area contributed by atoms with Crippen LogP contribution in [0.15, 0.2) is 130 Å². The van der Waals surface area contributed by atoms with Gasteiger partial charge < -0.3 is 58.1 Å². The van der Waals surface area contributed by atoms with E-state index in [2.05, 4.69) is 10.6 Å². The van der Waals surface area contributed by atoms with Gasteiger partial charge in [-0.25, -0.2) is 18.8 Å². The van der Waals surface area contributed by atoms with Crippen molar-refractivity contribution >= 4 is 66.7 Å². The molecule has 3 aliphatic carbocycles. The van der Waals surface area contributed by atoms with Gasteiger partial charge in [0.1, 0.15) is 41.2 Å². The van der Waals surface area contributed by atoms with Gasteiger partial charge >= 0.3 is 35.5 Å². The minimum Gasteiger partial charge on any atom is -0.505 e. The topological polar surface area (TPSA) is 296 Å². The highest BCUT2D eigenvalue weighted by atomic mass is 28.4. The van der Waals surface area contributed by atoms with Gasteiger partial charge in [-0.1, -0.05) is 101 Å². The number of carbonyl (C=O) groups excluding carboxylic acids is 8. The molecule has 11 atom stereocenters. The van der Waals surface area contributed by atoms with Crippen LogP contribution in [0.3, 0.4) is 0 Å². The van der Waals surface area contributed by atoms with Crippen LogP contribution in [0.25, 0.3) is 11.0 Å². The van der Waals surface area contributed by atoms with Crippen LogP contribution in [0, 0.1) is 22.6 Å². The van der Waals surface area contributed by atoms with E-state index in [1.54, 1.807) is 99.6 Å². The van der Waals surface area contributed by atoms with Gasteiger partial charge in [-0.2, -0.15) is 0 Å². The lowest BCUT2D eigenvalue weighted by Gasteiger charge is -2.67. The van der Waals surface area contributed by atoms with Gasteiger partial charge in [0.15, 0.2) is 43.5 Å². The number of aromatic hydroxyl groups is 1.